The van der Waals surface area contributed by atoms with E-state index in [1.165, 1.54) is 30.8 Å². The van der Waals surface area contributed by atoms with Crippen LogP contribution in [-0.2, 0) is 0 Å². The summed E-state index contributed by atoms with van der Waals surface area (Å²) >= 11 is 1.25. The summed E-state index contributed by atoms with van der Waals surface area (Å²) in [4.78, 5) is 0. The highest BCUT2D eigenvalue weighted by atomic mass is 32.1. The van der Waals surface area contributed by atoms with Gasteiger partial charge in [-0.1, -0.05) is 19.3 Å². The van der Waals surface area contributed by atoms with Crippen molar-refractivity contribution in [1.82, 2.24) is 4.37 Å². The van der Waals surface area contributed by atoms with Crippen LogP contribution in [0, 0.1) is 11.3 Å². The van der Waals surface area contributed by atoms with Crippen molar-refractivity contribution in [3.8, 4) is 6.07 Å². The van der Waals surface area contributed by atoms with Crippen LogP contribution in [-0.4, -0.2) is 4.37 Å². The molecule has 2 rings (SSSR count). The van der Waals surface area contributed by atoms with Gasteiger partial charge in [-0.3, -0.25) is 0 Å². The van der Waals surface area contributed by atoms with E-state index in [9.17, 15) is 0 Å². The summed E-state index contributed by atoms with van der Waals surface area (Å²) in [7, 11) is 0. The van der Waals surface area contributed by atoms with Crippen molar-refractivity contribution < 1.29 is 0 Å². The number of hydrogen-bond donors (Lipinski definition) is 1. The van der Waals surface area contributed by atoms with Crippen LogP contribution in [0.15, 0.2) is 0 Å². The topological polar surface area (TPSA) is 62.7 Å². The fourth-order valence-corrected chi connectivity index (χ4v) is 2.76. The molecule has 14 heavy (non-hydrogen) atoms. The van der Waals surface area contributed by atoms with Gasteiger partial charge in [0.15, 0.2) is 0 Å². The summed E-state index contributed by atoms with van der Waals surface area (Å²) in [5, 5.41) is 9.53. The van der Waals surface area contributed by atoms with E-state index in [4.69, 9.17) is 11.0 Å². The van der Waals surface area contributed by atoms with Crippen molar-refractivity contribution >= 4 is 16.5 Å². The van der Waals surface area contributed by atoms with E-state index < -0.39 is 0 Å². The molecule has 3 nitrogen and oxygen atoms in total. The molecule has 1 saturated carbocycles. The molecule has 0 aromatic carbocycles. The molecule has 4 heteroatoms. The van der Waals surface area contributed by atoms with Gasteiger partial charge in [0.05, 0.1) is 5.69 Å². The van der Waals surface area contributed by atoms with Gasteiger partial charge in [0.25, 0.3) is 0 Å². The Morgan fingerprint density at radius 3 is 2.71 bits per heavy atom. The first-order valence-corrected chi connectivity index (χ1v) is 5.75. The second kappa shape index (κ2) is 3.97. The largest absolute Gasteiger partial charge is 0.388 e. The molecule has 0 spiro atoms. The molecule has 0 saturated heterocycles. The third-order valence-corrected chi connectivity index (χ3v) is 3.54. The molecular weight excluding hydrogens is 194 g/mol. The number of aromatic nitrogens is 1. The SMILES string of the molecule is N#Cc1c(C2CCCCC2)nsc1N. The summed E-state index contributed by atoms with van der Waals surface area (Å²) in [6.07, 6.45) is 6.16. The minimum absolute atomic E-state index is 0.479. The molecule has 0 radical (unpaired) electrons. The Balaban J connectivity index is 2.26. The summed E-state index contributed by atoms with van der Waals surface area (Å²) in [6.45, 7) is 0. The lowest BCUT2D eigenvalue weighted by Crippen LogP contribution is -2.06. The molecule has 2 N–H and O–H groups in total. The zero-order valence-electron chi connectivity index (χ0n) is 7.99. The van der Waals surface area contributed by atoms with Crippen LogP contribution in [0.5, 0.6) is 0 Å². The fraction of sp³-hybridized carbons (Fsp3) is 0.600. The molecule has 0 atom stereocenters. The van der Waals surface area contributed by atoms with Crippen molar-refractivity contribution in [2.75, 3.05) is 5.73 Å². The number of hydrogen-bond acceptors (Lipinski definition) is 4. The highest BCUT2D eigenvalue weighted by Crippen LogP contribution is 2.36. The molecule has 0 bridgehead atoms. The third-order valence-electron chi connectivity index (χ3n) is 2.85. The molecule has 0 aliphatic heterocycles. The van der Waals surface area contributed by atoms with Gasteiger partial charge in [0.1, 0.15) is 16.6 Å². The average Bonchev–Trinajstić information content (AvgIpc) is 2.61. The van der Waals surface area contributed by atoms with Crippen LogP contribution in [0.2, 0.25) is 0 Å². The Hall–Kier alpha value is -1.08. The molecule has 1 aromatic rings. The predicted molar refractivity (Wildman–Crippen MR) is 57.1 cm³/mol. The van der Waals surface area contributed by atoms with Crippen molar-refractivity contribution in [2.45, 2.75) is 38.0 Å². The van der Waals surface area contributed by atoms with E-state index in [1.807, 2.05) is 0 Å². The zero-order chi connectivity index (χ0) is 9.97. The first kappa shape index (κ1) is 9.47. The number of rotatable bonds is 1. The Bertz CT molecular complexity index is 358. The van der Waals surface area contributed by atoms with E-state index in [1.54, 1.807) is 0 Å². The molecule has 1 aliphatic rings. The number of nitrogens with two attached hydrogens (primary N) is 1. The Kier molecular flexibility index (Phi) is 2.69. The minimum atomic E-state index is 0.479. The number of anilines is 1. The van der Waals surface area contributed by atoms with Gasteiger partial charge < -0.3 is 5.73 Å². The number of nitrogen functional groups attached to an aromatic ring is 1. The molecule has 1 aromatic heterocycles. The van der Waals surface area contributed by atoms with E-state index in [-0.39, 0.29) is 0 Å². The highest BCUT2D eigenvalue weighted by molar-refractivity contribution is 7.10. The van der Waals surface area contributed by atoms with Crippen molar-refractivity contribution in [1.29, 1.82) is 5.26 Å². The fourth-order valence-electron chi connectivity index (χ4n) is 2.08. The number of nitriles is 1. The Morgan fingerprint density at radius 1 is 1.36 bits per heavy atom. The van der Waals surface area contributed by atoms with E-state index in [2.05, 4.69) is 10.4 Å². The number of nitrogens with zero attached hydrogens (tertiary/aromatic N) is 2. The molecule has 0 unspecified atom stereocenters. The monoisotopic (exact) mass is 207 g/mol. The summed E-state index contributed by atoms with van der Waals surface area (Å²) in [6, 6.07) is 2.16. The van der Waals surface area contributed by atoms with E-state index in [0.29, 0.717) is 16.5 Å². The lowest BCUT2D eigenvalue weighted by atomic mass is 9.86. The van der Waals surface area contributed by atoms with Gasteiger partial charge >= 0.3 is 0 Å². The van der Waals surface area contributed by atoms with Crippen LogP contribution in [0.3, 0.4) is 0 Å². The first-order chi connectivity index (χ1) is 6.83. The van der Waals surface area contributed by atoms with Gasteiger partial charge in [-0.25, -0.2) is 0 Å². The summed E-state index contributed by atoms with van der Waals surface area (Å²) in [5.41, 5.74) is 7.27. The standard InChI is InChI=1S/C10H13N3S/c11-6-8-9(13-14-10(8)12)7-4-2-1-3-5-7/h7H,1-5,12H2. The van der Waals surface area contributed by atoms with E-state index >= 15 is 0 Å². The van der Waals surface area contributed by atoms with Gasteiger partial charge in [-0.15, -0.1) is 0 Å². The maximum Gasteiger partial charge on any atom is 0.125 e. The highest BCUT2D eigenvalue weighted by Gasteiger charge is 2.22. The molecule has 1 aliphatic carbocycles. The van der Waals surface area contributed by atoms with Crippen molar-refractivity contribution in [3.05, 3.63) is 11.3 Å². The normalized spacial score (nSPS) is 17.9. The van der Waals surface area contributed by atoms with Gasteiger partial charge in [0, 0.05) is 5.92 Å². The molecule has 0 amide bonds. The van der Waals surface area contributed by atoms with Crippen molar-refractivity contribution in [2.24, 2.45) is 0 Å². The Labute approximate surface area is 87.7 Å². The molecular formula is C10H13N3S. The molecule has 74 valence electrons. The van der Waals surface area contributed by atoms with Gasteiger partial charge in [0.2, 0.25) is 0 Å². The lowest BCUT2D eigenvalue weighted by Gasteiger charge is -2.19. The minimum Gasteiger partial charge on any atom is -0.388 e. The van der Waals surface area contributed by atoms with Crippen LogP contribution in [0.25, 0.3) is 0 Å². The smallest absolute Gasteiger partial charge is 0.125 e. The first-order valence-electron chi connectivity index (χ1n) is 4.98. The second-order valence-corrected chi connectivity index (χ2v) is 4.56. The van der Waals surface area contributed by atoms with Crippen LogP contribution in [0.4, 0.5) is 5.00 Å². The molecule has 1 fully saturated rings. The predicted octanol–water partition coefficient (Wildman–Crippen LogP) is 2.64. The van der Waals surface area contributed by atoms with Crippen LogP contribution < -0.4 is 5.73 Å². The maximum atomic E-state index is 8.96. The van der Waals surface area contributed by atoms with Gasteiger partial charge in [-0.05, 0) is 24.4 Å². The maximum absolute atomic E-state index is 8.96. The van der Waals surface area contributed by atoms with Crippen molar-refractivity contribution in [3.63, 3.8) is 0 Å². The summed E-state index contributed by atoms with van der Waals surface area (Å²) in [5.74, 6) is 0.479. The zero-order valence-corrected chi connectivity index (χ0v) is 8.81. The third kappa shape index (κ3) is 1.60. The van der Waals surface area contributed by atoms with E-state index in [0.717, 1.165) is 18.5 Å². The second-order valence-electron chi connectivity index (χ2n) is 3.75. The average molecular weight is 207 g/mol. The van der Waals surface area contributed by atoms with Crippen LogP contribution >= 0.6 is 11.5 Å². The summed E-state index contributed by atoms with van der Waals surface area (Å²) < 4.78 is 4.30. The van der Waals surface area contributed by atoms with Gasteiger partial charge in [-0.2, -0.15) is 9.64 Å². The van der Waals surface area contributed by atoms with Crippen LogP contribution in [0.1, 0.15) is 49.3 Å². The quantitative estimate of drug-likeness (QED) is 0.770. The Morgan fingerprint density at radius 2 is 2.07 bits per heavy atom. The molecule has 1 heterocycles. The lowest BCUT2D eigenvalue weighted by molar-refractivity contribution is 0.438.